The van der Waals surface area contributed by atoms with Gasteiger partial charge < -0.3 is 15.7 Å². The number of aliphatic hydroxyl groups excluding tert-OH is 1. The summed E-state index contributed by atoms with van der Waals surface area (Å²) in [6.45, 7) is 3.72. The van der Waals surface area contributed by atoms with Gasteiger partial charge in [0.05, 0.1) is 19.9 Å². The average Bonchev–Trinajstić information content (AvgIpc) is 2.10. The van der Waals surface area contributed by atoms with E-state index in [9.17, 15) is 0 Å². The number of aliphatic hydroxyl groups is 1. The molecule has 12 heavy (non-hydrogen) atoms. The minimum absolute atomic E-state index is 0.201. The predicted octanol–water partition coefficient (Wildman–Crippen LogP) is -0.548. The Morgan fingerprint density at radius 2 is 2.17 bits per heavy atom. The van der Waals surface area contributed by atoms with E-state index in [1.165, 1.54) is 0 Å². The smallest absolute Gasteiger partial charge is 0.168 e. The molecule has 1 rings (SSSR count). The van der Waals surface area contributed by atoms with E-state index in [2.05, 4.69) is 22.5 Å². The van der Waals surface area contributed by atoms with E-state index in [-0.39, 0.29) is 12.6 Å². The van der Waals surface area contributed by atoms with Crippen LogP contribution in [0.25, 0.3) is 0 Å². The standard InChI is InChI=1S/C7H15N3OS/c1-2-6(3-11)10-4-8-7(12)9-5-10/h6,11H,2-5H2,1H3,(H2,8,9,12)/t6-/m1/s1. The van der Waals surface area contributed by atoms with Crippen LogP contribution in [-0.2, 0) is 0 Å². The lowest BCUT2D eigenvalue weighted by Crippen LogP contribution is -2.57. The van der Waals surface area contributed by atoms with Crippen LogP contribution in [0, 0.1) is 0 Å². The second-order valence-electron chi connectivity index (χ2n) is 2.83. The highest BCUT2D eigenvalue weighted by molar-refractivity contribution is 7.80. The van der Waals surface area contributed by atoms with E-state index in [1.54, 1.807) is 0 Å². The Bertz CT molecular complexity index is 151. The normalized spacial score (nSPS) is 21.3. The van der Waals surface area contributed by atoms with E-state index in [4.69, 9.17) is 17.3 Å². The van der Waals surface area contributed by atoms with Crippen molar-refractivity contribution < 1.29 is 5.11 Å². The zero-order valence-electron chi connectivity index (χ0n) is 7.21. The zero-order chi connectivity index (χ0) is 8.97. The van der Waals surface area contributed by atoms with Crippen molar-refractivity contribution in [3.05, 3.63) is 0 Å². The van der Waals surface area contributed by atoms with Gasteiger partial charge in [0.25, 0.3) is 0 Å². The molecule has 4 nitrogen and oxygen atoms in total. The fourth-order valence-electron chi connectivity index (χ4n) is 1.23. The number of rotatable bonds is 3. The number of nitrogens with one attached hydrogen (secondary N) is 2. The second-order valence-corrected chi connectivity index (χ2v) is 3.24. The van der Waals surface area contributed by atoms with Crippen LogP contribution in [0.4, 0.5) is 0 Å². The topological polar surface area (TPSA) is 47.5 Å². The lowest BCUT2D eigenvalue weighted by atomic mass is 10.2. The molecule has 0 aromatic rings. The fraction of sp³-hybridized carbons (Fsp3) is 0.857. The maximum Gasteiger partial charge on any atom is 0.168 e. The highest BCUT2D eigenvalue weighted by Gasteiger charge is 2.18. The van der Waals surface area contributed by atoms with Crippen LogP contribution in [0.3, 0.4) is 0 Å². The van der Waals surface area contributed by atoms with Crippen molar-refractivity contribution in [2.24, 2.45) is 0 Å². The first kappa shape index (κ1) is 9.70. The predicted molar refractivity (Wildman–Crippen MR) is 51.6 cm³/mol. The molecule has 0 bridgehead atoms. The first-order valence-corrected chi connectivity index (χ1v) is 4.55. The summed E-state index contributed by atoms with van der Waals surface area (Å²) in [5.41, 5.74) is 0. The lowest BCUT2D eigenvalue weighted by molar-refractivity contribution is 0.106. The molecule has 3 N–H and O–H groups in total. The van der Waals surface area contributed by atoms with E-state index in [1.807, 2.05) is 0 Å². The third kappa shape index (κ3) is 2.30. The first-order chi connectivity index (χ1) is 5.77. The van der Waals surface area contributed by atoms with Crippen LogP contribution in [0.1, 0.15) is 13.3 Å². The molecule has 0 saturated carbocycles. The molecule has 5 heteroatoms. The summed E-state index contributed by atoms with van der Waals surface area (Å²) in [5.74, 6) is 0. The molecule has 1 aliphatic rings. The molecule has 0 amide bonds. The van der Waals surface area contributed by atoms with E-state index >= 15 is 0 Å². The molecule has 0 aromatic heterocycles. The van der Waals surface area contributed by atoms with Crippen molar-refractivity contribution in [1.82, 2.24) is 15.5 Å². The molecule has 1 aliphatic heterocycles. The van der Waals surface area contributed by atoms with Crippen LogP contribution in [0.2, 0.25) is 0 Å². The lowest BCUT2D eigenvalue weighted by Gasteiger charge is -2.34. The van der Waals surface area contributed by atoms with Gasteiger partial charge in [-0.1, -0.05) is 6.92 Å². The molecule has 1 saturated heterocycles. The maximum atomic E-state index is 9.01. The van der Waals surface area contributed by atoms with Crippen molar-refractivity contribution in [2.45, 2.75) is 19.4 Å². The van der Waals surface area contributed by atoms with Gasteiger partial charge in [0, 0.05) is 6.04 Å². The number of hydrogen-bond acceptors (Lipinski definition) is 3. The molecule has 0 aliphatic carbocycles. The van der Waals surface area contributed by atoms with Crippen molar-refractivity contribution >= 4 is 17.3 Å². The van der Waals surface area contributed by atoms with Crippen LogP contribution < -0.4 is 10.6 Å². The average molecular weight is 189 g/mol. The molecule has 0 aromatic carbocycles. The van der Waals surface area contributed by atoms with Crippen LogP contribution in [0.5, 0.6) is 0 Å². The van der Waals surface area contributed by atoms with Crippen LogP contribution >= 0.6 is 12.2 Å². The Hall–Kier alpha value is -0.390. The highest BCUT2D eigenvalue weighted by atomic mass is 32.1. The summed E-state index contributed by atoms with van der Waals surface area (Å²) in [4.78, 5) is 2.12. The van der Waals surface area contributed by atoms with Gasteiger partial charge in [-0.15, -0.1) is 0 Å². The molecule has 0 spiro atoms. The van der Waals surface area contributed by atoms with Gasteiger partial charge in [-0.25, -0.2) is 0 Å². The molecule has 1 heterocycles. The summed E-state index contributed by atoms with van der Waals surface area (Å²) < 4.78 is 0. The monoisotopic (exact) mass is 189 g/mol. The summed E-state index contributed by atoms with van der Waals surface area (Å²) in [5, 5.41) is 15.7. The molecule has 1 atom stereocenters. The van der Waals surface area contributed by atoms with Gasteiger partial charge in [0.15, 0.2) is 5.11 Å². The Kier molecular flexibility index (Phi) is 3.71. The molecule has 70 valence electrons. The highest BCUT2D eigenvalue weighted by Crippen LogP contribution is 2.02. The fourth-order valence-corrected chi connectivity index (χ4v) is 1.36. The van der Waals surface area contributed by atoms with Crippen LogP contribution in [-0.4, -0.2) is 41.1 Å². The molecular formula is C7H15N3OS. The Balaban J connectivity index is 2.37. The minimum Gasteiger partial charge on any atom is -0.395 e. The second kappa shape index (κ2) is 4.59. The summed E-state index contributed by atoms with van der Waals surface area (Å²) in [7, 11) is 0. The summed E-state index contributed by atoms with van der Waals surface area (Å²) in [6.07, 6.45) is 0.951. The largest absolute Gasteiger partial charge is 0.395 e. The van der Waals surface area contributed by atoms with Crippen LogP contribution in [0.15, 0.2) is 0 Å². The zero-order valence-corrected chi connectivity index (χ0v) is 8.02. The van der Waals surface area contributed by atoms with Gasteiger partial charge in [0.1, 0.15) is 0 Å². The van der Waals surface area contributed by atoms with Crippen molar-refractivity contribution in [1.29, 1.82) is 0 Å². The van der Waals surface area contributed by atoms with Gasteiger partial charge in [-0.05, 0) is 18.6 Å². The number of hydrogen-bond donors (Lipinski definition) is 3. The SMILES string of the molecule is CC[C@H](CO)N1CNC(=S)NC1. The van der Waals surface area contributed by atoms with Crippen molar-refractivity contribution in [3.8, 4) is 0 Å². The number of thiocarbonyl (C=S) groups is 1. The van der Waals surface area contributed by atoms with Gasteiger partial charge in [-0.2, -0.15) is 0 Å². The van der Waals surface area contributed by atoms with Gasteiger partial charge in [-0.3, -0.25) is 4.90 Å². The van der Waals surface area contributed by atoms with Gasteiger partial charge in [0.2, 0.25) is 0 Å². The summed E-state index contributed by atoms with van der Waals surface area (Å²) >= 11 is 4.91. The molecule has 1 fully saturated rings. The Morgan fingerprint density at radius 1 is 1.58 bits per heavy atom. The van der Waals surface area contributed by atoms with E-state index in [0.717, 1.165) is 19.8 Å². The third-order valence-corrected chi connectivity index (χ3v) is 2.37. The Morgan fingerprint density at radius 3 is 2.58 bits per heavy atom. The third-order valence-electron chi connectivity index (χ3n) is 2.08. The quantitative estimate of drug-likeness (QED) is 0.520. The van der Waals surface area contributed by atoms with E-state index < -0.39 is 0 Å². The first-order valence-electron chi connectivity index (χ1n) is 4.14. The van der Waals surface area contributed by atoms with Crippen molar-refractivity contribution in [3.63, 3.8) is 0 Å². The summed E-state index contributed by atoms with van der Waals surface area (Å²) in [6, 6.07) is 0.230. The van der Waals surface area contributed by atoms with Crippen molar-refractivity contribution in [2.75, 3.05) is 19.9 Å². The molecule has 0 unspecified atom stereocenters. The van der Waals surface area contributed by atoms with Gasteiger partial charge >= 0.3 is 0 Å². The number of nitrogens with zero attached hydrogens (tertiary/aromatic N) is 1. The molecule has 0 radical (unpaired) electrons. The maximum absolute atomic E-state index is 9.01. The minimum atomic E-state index is 0.201. The Labute approximate surface area is 77.9 Å². The molecular weight excluding hydrogens is 174 g/mol. The van der Waals surface area contributed by atoms with E-state index in [0.29, 0.717) is 5.11 Å².